The van der Waals surface area contributed by atoms with E-state index in [1.165, 1.54) is 48.5 Å². The largest absolute Gasteiger partial charge is 0.400 e. The van der Waals surface area contributed by atoms with Gasteiger partial charge in [0.2, 0.25) is 0 Å². The summed E-state index contributed by atoms with van der Waals surface area (Å²) in [6.45, 7) is 17.7. The van der Waals surface area contributed by atoms with Crippen molar-refractivity contribution < 1.29 is 119 Å². The zero-order chi connectivity index (χ0) is 57.2. The Kier molecular flexibility index (Phi) is 37.6. The highest BCUT2D eigenvalue weighted by Crippen LogP contribution is 2.45. The molecule has 0 saturated carbocycles. The lowest BCUT2D eigenvalue weighted by Gasteiger charge is -2.26. The Morgan fingerprint density at radius 2 is 0.623 bits per heavy atom. The molecule has 0 N–H and O–H groups in total. The standard InChI is InChI=1S/3C7H10F6.3C7H13F3/c2*1-4(2)3-5(6(8,9)10)7(11,12)13;1-2-3-4-5(6(8,9)10)7(11,12)13;1-4-5-6(2,3)7(8,9)10;1-3-4-6(2)5-7(8,9)10;1-3-4-5-6(2)7(8,9)10/h2*4-5H,3H2,1-2H3;5H,2-4H2,1H3;4-5H2,1-3H3;2*6H,3-5H2,1-2H3/t;;;;2*6-/m....00/s1. The maximum Gasteiger partial charge on any atom is 0.400 e. The van der Waals surface area contributed by atoms with E-state index < -0.39 is 122 Å². The maximum absolute atomic E-state index is 12.0. The van der Waals surface area contributed by atoms with Crippen molar-refractivity contribution >= 4 is 0 Å². The molecular formula is C42H69F27. The fraction of sp³-hybridized carbons (Fsp3) is 1.00. The molecule has 0 bridgehead atoms. The third kappa shape index (κ3) is 45.7. The van der Waals surface area contributed by atoms with Gasteiger partial charge in [-0.3, -0.25) is 0 Å². The Morgan fingerprint density at radius 3 is 0.783 bits per heavy atom. The zero-order valence-corrected chi connectivity index (χ0v) is 40.4. The minimum Gasteiger partial charge on any atom is -0.171 e. The molecule has 69 heavy (non-hydrogen) atoms. The first-order valence-electron chi connectivity index (χ1n) is 21.6. The molecule has 0 amide bonds. The van der Waals surface area contributed by atoms with Crippen LogP contribution in [0.1, 0.15) is 167 Å². The number of hydrogen-bond donors (Lipinski definition) is 0. The van der Waals surface area contributed by atoms with Gasteiger partial charge in [-0.15, -0.1) is 0 Å². The van der Waals surface area contributed by atoms with Gasteiger partial charge in [0.05, 0.1) is 11.3 Å². The summed E-state index contributed by atoms with van der Waals surface area (Å²) < 4.78 is 319. The molecule has 0 heterocycles. The first-order chi connectivity index (χ1) is 30.0. The minimum absolute atomic E-state index is 0.0658. The van der Waals surface area contributed by atoms with Crippen molar-refractivity contribution in [3.05, 3.63) is 0 Å². The molecule has 0 aliphatic carbocycles. The fourth-order valence-electron chi connectivity index (χ4n) is 5.20. The molecule has 0 unspecified atom stereocenters. The monoisotopic (exact) mass is 1090 g/mol. The van der Waals surface area contributed by atoms with E-state index in [9.17, 15) is 119 Å². The van der Waals surface area contributed by atoms with Crippen LogP contribution in [0.4, 0.5) is 119 Å². The smallest absolute Gasteiger partial charge is 0.171 e. The van der Waals surface area contributed by atoms with Crippen LogP contribution >= 0.6 is 0 Å². The second-order valence-corrected chi connectivity index (χ2v) is 17.7. The van der Waals surface area contributed by atoms with Crippen molar-refractivity contribution in [3.8, 4) is 0 Å². The quantitative estimate of drug-likeness (QED) is 0.143. The summed E-state index contributed by atoms with van der Waals surface area (Å²) >= 11 is 0. The molecule has 0 aromatic heterocycles. The van der Waals surface area contributed by atoms with Crippen LogP contribution in [-0.2, 0) is 0 Å². The van der Waals surface area contributed by atoms with E-state index in [-0.39, 0.29) is 25.2 Å². The van der Waals surface area contributed by atoms with Gasteiger partial charge in [-0.2, -0.15) is 119 Å². The van der Waals surface area contributed by atoms with Gasteiger partial charge >= 0.3 is 55.6 Å². The summed E-state index contributed by atoms with van der Waals surface area (Å²) in [5.74, 6) is -12.2. The Hall–Kier alpha value is -1.89. The van der Waals surface area contributed by atoms with Gasteiger partial charge in [0.25, 0.3) is 0 Å². The first kappa shape index (κ1) is 78.5. The van der Waals surface area contributed by atoms with Crippen molar-refractivity contribution in [2.24, 2.45) is 46.8 Å². The molecule has 27 heteroatoms. The Bertz CT molecular complexity index is 1130. The Balaban J connectivity index is -0.000000173. The van der Waals surface area contributed by atoms with Crippen molar-refractivity contribution in [2.45, 2.75) is 222 Å². The minimum atomic E-state index is -5.19. The van der Waals surface area contributed by atoms with Gasteiger partial charge in [0, 0.05) is 6.42 Å². The van der Waals surface area contributed by atoms with Crippen LogP contribution in [-0.4, -0.2) is 55.6 Å². The molecule has 0 saturated heterocycles. The van der Waals surface area contributed by atoms with Crippen molar-refractivity contribution in [3.63, 3.8) is 0 Å². The number of rotatable bonds is 15. The summed E-state index contributed by atoms with van der Waals surface area (Å²) in [5, 5.41) is 0. The van der Waals surface area contributed by atoms with Gasteiger partial charge in [0.1, 0.15) is 0 Å². The number of halogens is 27. The summed E-state index contributed by atoms with van der Waals surface area (Å²) in [7, 11) is 0. The van der Waals surface area contributed by atoms with Crippen LogP contribution < -0.4 is 0 Å². The van der Waals surface area contributed by atoms with Crippen LogP contribution in [0, 0.1) is 46.8 Å². The predicted molar refractivity (Wildman–Crippen MR) is 209 cm³/mol. The molecule has 0 rings (SSSR count). The van der Waals surface area contributed by atoms with E-state index >= 15 is 0 Å². The molecule has 426 valence electrons. The lowest BCUT2D eigenvalue weighted by Crippen LogP contribution is -2.37. The molecule has 0 nitrogen and oxygen atoms in total. The van der Waals surface area contributed by atoms with E-state index in [1.54, 1.807) is 20.8 Å². The van der Waals surface area contributed by atoms with Gasteiger partial charge in [-0.05, 0) is 49.9 Å². The van der Waals surface area contributed by atoms with E-state index in [4.69, 9.17) is 0 Å². The van der Waals surface area contributed by atoms with Crippen LogP contribution in [0.2, 0.25) is 0 Å². The first-order valence-corrected chi connectivity index (χ1v) is 21.6. The molecule has 0 radical (unpaired) electrons. The highest BCUT2D eigenvalue weighted by Gasteiger charge is 2.58. The van der Waals surface area contributed by atoms with Crippen LogP contribution in [0.5, 0.6) is 0 Å². The Morgan fingerprint density at radius 1 is 0.333 bits per heavy atom. The van der Waals surface area contributed by atoms with Crippen LogP contribution in [0.3, 0.4) is 0 Å². The van der Waals surface area contributed by atoms with Crippen LogP contribution in [0.25, 0.3) is 0 Å². The predicted octanol–water partition coefficient (Wildman–Crippen LogP) is 21.6. The SMILES string of the molecule is CC(C)CC(C(F)(F)F)C(F)(F)F.CC(C)CC(C(F)(F)F)C(F)(F)F.CCCC(C)(C)C(F)(F)F.CCCCC(C(F)(F)F)C(F)(F)F.CCCC[C@H](C)C(F)(F)F.CCC[C@H](C)CC(F)(F)F. The van der Waals surface area contributed by atoms with Gasteiger partial charge in [-0.1, -0.05) is 128 Å². The maximum atomic E-state index is 12.0. The second-order valence-electron chi connectivity index (χ2n) is 17.7. The van der Waals surface area contributed by atoms with Crippen molar-refractivity contribution in [1.29, 1.82) is 0 Å². The van der Waals surface area contributed by atoms with Crippen molar-refractivity contribution in [2.75, 3.05) is 0 Å². The van der Waals surface area contributed by atoms with Crippen LogP contribution in [0.15, 0.2) is 0 Å². The molecule has 0 aliphatic rings. The zero-order valence-electron chi connectivity index (χ0n) is 40.4. The molecule has 0 aromatic rings. The summed E-state index contributed by atoms with van der Waals surface area (Å²) in [6, 6.07) is 0. The average molecular weight is 1090 g/mol. The third-order valence-electron chi connectivity index (χ3n) is 9.18. The normalized spacial score (nSPS) is 14.4. The summed E-state index contributed by atoms with van der Waals surface area (Å²) in [4.78, 5) is 0. The number of hydrogen-bond acceptors (Lipinski definition) is 0. The lowest BCUT2D eigenvalue weighted by molar-refractivity contribution is -0.289. The third-order valence-corrected chi connectivity index (χ3v) is 9.18. The average Bonchev–Trinajstić information content (AvgIpc) is 3.05. The van der Waals surface area contributed by atoms with E-state index in [2.05, 4.69) is 0 Å². The second kappa shape index (κ2) is 33.0. The molecule has 0 fully saturated rings. The van der Waals surface area contributed by atoms with Gasteiger partial charge in [0.15, 0.2) is 17.8 Å². The lowest BCUT2D eigenvalue weighted by atomic mass is 9.87. The van der Waals surface area contributed by atoms with Crippen molar-refractivity contribution in [1.82, 2.24) is 0 Å². The summed E-state index contributed by atoms with van der Waals surface area (Å²) in [6.07, 6.45) is -42.2. The molecule has 0 aliphatic heterocycles. The highest BCUT2D eigenvalue weighted by atomic mass is 19.4. The number of unbranched alkanes of at least 4 members (excludes halogenated alkanes) is 2. The fourth-order valence-corrected chi connectivity index (χ4v) is 5.20. The van der Waals surface area contributed by atoms with E-state index in [0.717, 1.165) is 12.8 Å². The Labute approximate surface area is 387 Å². The molecular weight excluding hydrogens is 1020 g/mol. The van der Waals surface area contributed by atoms with E-state index in [1.807, 2.05) is 13.8 Å². The molecule has 0 spiro atoms. The highest BCUT2D eigenvalue weighted by molar-refractivity contribution is 4.78. The molecule has 0 aromatic carbocycles. The van der Waals surface area contributed by atoms with Gasteiger partial charge in [-0.25, -0.2) is 0 Å². The molecule has 2 atom stereocenters. The van der Waals surface area contributed by atoms with E-state index in [0.29, 0.717) is 25.7 Å². The summed E-state index contributed by atoms with van der Waals surface area (Å²) in [5.41, 5.74) is -1.51. The van der Waals surface area contributed by atoms with Gasteiger partial charge < -0.3 is 0 Å². The topological polar surface area (TPSA) is 0 Å². The number of alkyl halides is 27.